The van der Waals surface area contributed by atoms with E-state index in [1.54, 1.807) is 0 Å². The summed E-state index contributed by atoms with van der Waals surface area (Å²) in [6.45, 7) is 1.05. The Bertz CT molecular complexity index is 248. The molecular formula is C12H18N2. The Kier molecular flexibility index (Phi) is 3.21. The average molecular weight is 190 g/mol. The lowest BCUT2D eigenvalue weighted by atomic mass is 9.88. The predicted octanol–water partition coefficient (Wildman–Crippen LogP) is 2.23. The van der Waals surface area contributed by atoms with Crippen molar-refractivity contribution in [3.8, 4) is 6.07 Å². The summed E-state index contributed by atoms with van der Waals surface area (Å²) in [5.74, 6) is 1.41. The number of hydrogen-bond acceptors (Lipinski definition) is 2. The highest BCUT2D eigenvalue weighted by atomic mass is 14.9. The highest BCUT2D eigenvalue weighted by Gasteiger charge is 2.25. The molecule has 0 spiro atoms. The molecule has 0 heterocycles. The van der Waals surface area contributed by atoms with Gasteiger partial charge in [-0.2, -0.15) is 5.26 Å². The van der Waals surface area contributed by atoms with Crippen molar-refractivity contribution >= 4 is 0 Å². The van der Waals surface area contributed by atoms with Crippen LogP contribution in [0.5, 0.6) is 0 Å². The molecule has 0 aromatic rings. The minimum absolute atomic E-state index is 0.0838. The SMILES string of the molecule is N#CC(NCC1CC1)C1CC=CCC1. The van der Waals surface area contributed by atoms with E-state index in [0.29, 0.717) is 5.92 Å². The molecule has 0 aromatic heterocycles. The van der Waals surface area contributed by atoms with Crippen LogP contribution in [0.3, 0.4) is 0 Å². The predicted molar refractivity (Wildman–Crippen MR) is 56.6 cm³/mol. The zero-order valence-electron chi connectivity index (χ0n) is 8.58. The fourth-order valence-electron chi connectivity index (χ4n) is 2.05. The minimum Gasteiger partial charge on any atom is -0.301 e. The lowest BCUT2D eigenvalue weighted by Crippen LogP contribution is -2.36. The molecular weight excluding hydrogens is 172 g/mol. The van der Waals surface area contributed by atoms with E-state index >= 15 is 0 Å². The number of rotatable bonds is 4. The topological polar surface area (TPSA) is 35.8 Å². The highest BCUT2D eigenvalue weighted by molar-refractivity contribution is 5.02. The number of hydrogen-bond donors (Lipinski definition) is 1. The van der Waals surface area contributed by atoms with Gasteiger partial charge in [-0.25, -0.2) is 0 Å². The second-order valence-electron chi connectivity index (χ2n) is 4.50. The van der Waals surface area contributed by atoms with Gasteiger partial charge in [-0.3, -0.25) is 0 Å². The van der Waals surface area contributed by atoms with E-state index in [0.717, 1.165) is 25.3 Å². The molecule has 2 aliphatic rings. The van der Waals surface area contributed by atoms with E-state index in [2.05, 4.69) is 23.5 Å². The normalized spacial score (nSPS) is 28.4. The molecule has 1 saturated carbocycles. The fraction of sp³-hybridized carbons (Fsp3) is 0.750. The first kappa shape index (κ1) is 9.73. The van der Waals surface area contributed by atoms with E-state index in [4.69, 9.17) is 5.26 Å². The summed E-state index contributed by atoms with van der Waals surface area (Å²) >= 11 is 0. The maximum atomic E-state index is 9.07. The van der Waals surface area contributed by atoms with Gasteiger partial charge in [0, 0.05) is 0 Å². The molecule has 0 aromatic carbocycles. The first-order chi connectivity index (χ1) is 6.90. The molecule has 2 unspecified atom stereocenters. The van der Waals surface area contributed by atoms with Gasteiger partial charge in [0.1, 0.15) is 0 Å². The van der Waals surface area contributed by atoms with Crippen molar-refractivity contribution in [1.29, 1.82) is 5.26 Å². The van der Waals surface area contributed by atoms with E-state index in [1.807, 2.05) is 0 Å². The molecule has 14 heavy (non-hydrogen) atoms. The van der Waals surface area contributed by atoms with Crippen molar-refractivity contribution in [3.63, 3.8) is 0 Å². The molecule has 0 radical (unpaired) electrons. The highest BCUT2D eigenvalue weighted by Crippen LogP contribution is 2.28. The van der Waals surface area contributed by atoms with Crippen LogP contribution in [0.25, 0.3) is 0 Å². The van der Waals surface area contributed by atoms with Crippen LogP contribution in [-0.4, -0.2) is 12.6 Å². The third kappa shape index (κ3) is 2.59. The maximum absolute atomic E-state index is 9.07. The van der Waals surface area contributed by atoms with Gasteiger partial charge in [0.05, 0.1) is 12.1 Å². The summed E-state index contributed by atoms with van der Waals surface area (Å²) in [4.78, 5) is 0. The van der Waals surface area contributed by atoms with Crippen LogP contribution in [0.1, 0.15) is 32.1 Å². The first-order valence-electron chi connectivity index (χ1n) is 5.68. The molecule has 1 N–H and O–H groups in total. The molecule has 0 saturated heterocycles. The third-order valence-electron chi connectivity index (χ3n) is 3.24. The van der Waals surface area contributed by atoms with Gasteiger partial charge in [-0.15, -0.1) is 0 Å². The number of nitriles is 1. The molecule has 2 heteroatoms. The second-order valence-corrected chi connectivity index (χ2v) is 4.50. The van der Waals surface area contributed by atoms with Gasteiger partial charge in [-0.05, 0) is 50.5 Å². The van der Waals surface area contributed by atoms with Gasteiger partial charge in [-0.1, -0.05) is 12.2 Å². The lowest BCUT2D eigenvalue weighted by molar-refractivity contribution is 0.379. The molecule has 2 atom stereocenters. The molecule has 0 amide bonds. The summed E-state index contributed by atoms with van der Waals surface area (Å²) in [7, 11) is 0. The van der Waals surface area contributed by atoms with Crippen molar-refractivity contribution in [3.05, 3.63) is 12.2 Å². The van der Waals surface area contributed by atoms with Crippen LogP contribution < -0.4 is 5.32 Å². The summed E-state index contributed by atoms with van der Waals surface area (Å²) < 4.78 is 0. The molecule has 76 valence electrons. The Balaban J connectivity index is 1.78. The van der Waals surface area contributed by atoms with Gasteiger partial charge in [0.2, 0.25) is 0 Å². The van der Waals surface area contributed by atoms with Crippen LogP contribution in [0, 0.1) is 23.2 Å². The van der Waals surface area contributed by atoms with Crippen molar-refractivity contribution in [2.45, 2.75) is 38.1 Å². The van der Waals surface area contributed by atoms with Crippen LogP contribution in [0.2, 0.25) is 0 Å². The van der Waals surface area contributed by atoms with Crippen molar-refractivity contribution in [2.24, 2.45) is 11.8 Å². The summed E-state index contributed by atoms with van der Waals surface area (Å²) in [5, 5.41) is 12.5. The van der Waals surface area contributed by atoms with Crippen LogP contribution in [-0.2, 0) is 0 Å². The minimum atomic E-state index is 0.0838. The fourth-order valence-corrected chi connectivity index (χ4v) is 2.05. The van der Waals surface area contributed by atoms with Crippen molar-refractivity contribution in [1.82, 2.24) is 5.32 Å². The van der Waals surface area contributed by atoms with Crippen LogP contribution in [0.4, 0.5) is 0 Å². The molecule has 2 rings (SSSR count). The Morgan fingerprint density at radius 3 is 2.79 bits per heavy atom. The smallest absolute Gasteiger partial charge is 0.0984 e. The molecule has 0 aliphatic heterocycles. The zero-order valence-corrected chi connectivity index (χ0v) is 8.58. The van der Waals surface area contributed by atoms with E-state index in [-0.39, 0.29) is 6.04 Å². The Morgan fingerprint density at radius 1 is 1.36 bits per heavy atom. The van der Waals surface area contributed by atoms with Crippen molar-refractivity contribution in [2.75, 3.05) is 6.54 Å². The van der Waals surface area contributed by atoms with Gasteiger partial charge in [0.15, 0.2) is 0 Å². The number of nitrogens with zero attached hydrogens (tertiary/aromatic N) is 1. The van der Waals surface area contributed by atoms with Gasteiger partial charge >= 0.3 is 0 Å². The maximum Gasteiger partial charge on any atom is 0.0984 e. The monoisotopic (exact) mass is 190 g/mol. The van der Waals surface area contributed by atoms with E-state index < -0.39 is 0 Å². The number of allylic oxidation sites excluding steroid dienone is 2. The first-order valence-corrected chi connectivity index (χ1v) is 5.68. The average Bonchev–Trinajstić information content (AvgIpc) is 3.04. The quantitative estimate of drug-likeness (QED) is 0.690. The van der Waals surface area contributed by atoms with Crippen LogP contribution in [0.15, 0.2) is 12.2 Å². The van der Waals surface area contributed by atoms with Gasteiger partial charge in [0.25, 0.3) is 0 Å². The molecule has 0 bridgehead atoms. The summed E-state index contributed by atoms with van der Waals surface area (Å²) in [6, 6.07) is 2.49. The van der Waals surface area contributed by atoms with E-state index in [1.165, 1.54) is 19.3 Å². The lowest BCUT2D eigenvalue weighted by Gasteiger charge is -2.23. The molecule has 1 fully saturated rings. The second kappa shape index (κ2) is 4.61. The Hall–Kier alpha value is -0.810. The number of nitrogens with one attached hydrogen (secondary N) is 1. The Morgan fingerprint density at radius 2 is 2.21 bits per heavy atom. The zero-order chi connectivity index (χ0) is 9.80. The summed E-state index contributed by atoms with van der Waals surface area (Å²) in [6.07, 6.45) is 10.6. The largest absolute Gasteiger partial charge is 0.301 e. The van der Waals surface area contributed by atoms with Gasteiger partial charge < -0.3 is 5.32 Å². The summed E-state index contributed by atoms with van der Waals surface area (Å²) in [5.41, 5.74) is 0. The van der Waals surface area contributed by atoms with E-state index in [9.17, 15) is 0 Å². The van der Waals surface area contributed by atoms with Crippen LogP contribution >= 0.6 is 0 Å². The van der Waals surface area contributed by atoms with Crippen molar-refractivity contribution < 1.29 is 0 Å². The third-order valence-corrected chi connectivity index (χ3v) is 3.24. The Labute approximate surface area is 86.0 Å². The molecule has 2 nitrogen and oxygen atoms in total. The molecule has 2 aliphatic carbocycles. The standard InChI is InChI=1S/C12H18N2/c13-8-12(14-9-10-6-7-10)11-4-2-1-3-5-11/h1-2,10-12,14H,3-7,9H2.